The van der Waals surface area contributed by atoms with Crippen LogP contribution in [0.25, 0.3) is 22.1 Å². The summed E-state index contributed by atoms with van der Waals surface area (Å²) in [6.07, 6.45) is 8.59. The zero-order valence-electron chi connectivity index (χ0n) is 15.4. The van der Waals surface area contributed by atoms with Crippen molar-refractivity contribution in [2.45, 2.75) is 13.1 Å². The molecular weight excluding hydrogens is 370 g/mol. The van der Waals surface area contributed by atoms with Gasteiger partial charge in [-0.15, -0.1) is 0 Å². The summed E-state index contributed by atoms with van der Waals surface area (Å²) in [4.78, 5) is 20.6. The molecule has 5 rings (SSSR count). The van der Waals surface area contributed by atoms with Crippen LogP contribution in [-0.2, 0) is 13.1 Å². The normalized spacial score (nSPS) is 11.3. The molecule has 4 N–H and O–H groups in total. The van der Waals surface area contributed by atoms with E-state index in [2.05, 4.69) is 41.7 Å². The van der Waals surface area contributed by atoms with E-state index in [1.807, 2.05) is 35.2 Å². The lowest BCUT2D eigenvalue weighted by molar-refractivity contribution is 0.276. The maximum Gasteiger partial charge on any atom is 0.222 e. The highest BCUT2D eigenvalue weighted by Crippen LogP contribution is 2.22. The predicted molar refractivity (Wildman–Crippen MR) is 109 cm³/mol. The molecule has 0 unspecified atom stereocenters. The van der Waals surface area contributed by atoms with Crippen LogP contribution >= 0.6 is 0 Å². The number of rotatable bonds is 7. The second-order valence-corrected chi connectivity index (χ2v) is 6.49. The summed E-state index contributed by atoms with van der Waals surface area (Å²) in [6, 6.07) is 7.97. The number of hydrogen-bond acceptors (Lipinski definition) is 7. The van der Waals surface area contributed by atoms with E-state index >= 15 is 0 Å². The number of fused-ring (bicyclic) bond motifs is 2. The molecule has 10 nitrogen and oxygen atoms in total. The van der Waals surface area contributed by atoms with E-state index < -0.39 is 0 Å². The number of H-pyrrole nitrogens is 1. The molecule has 0 saturated carbocycles. The highest BCUT2D eigenvalue weighted by Gasteiger charge is 2.11. The van der Waals surface area contributed by atoms with E-state index in [0.717, 1.165) is 33.4 Å². The van der Waals surface area contributed by atoms with Crippen molar-refractivity contribution in [3.8, 4) is 0 Å². The number of anilines is 2. The Kier molecular flexibility index (Phi) is 4.30. The number of para-hydroxylation sites is 1. The van der Waals surface area contributed by atoms with E-state index in [9.17, 15) is 5.11 Å². The van der Waals surface area contributed by atoms with Crippen molar-refractivity contribution in [2.24, 2.45) is 0 Å². The third-order valence-electron chi connectivity index (χ3n) is 4.75. The minimum Gasteiger partial charge on any atom is -0.395 e. The third kappa shape index (κ3) is 3.15. The van der Waals surface area contributed by atoms with Crippen LogP contribution in [0.4, 0.5) is 11.8 Å². The second kappa shape index (κ2) is 7.24. The molecule has 29 heavy (non-hydrogen) atoms. The number of aliphatic hydroxyl groups excluding tert-OH is 1. The largest absolute Gasteiger partial charge is 0.395 e. The second-order valence-electron chi connectivity index (χ2n) is 6.49. The fourth-order valence-electron chi connectivity index (χ4n) is 3.35. The Hall–Kier alpha value is -3.92. The molecule has 4 heterocycles. The molecule has 0 bridgehead atoms. The minimum atomic E-state index is 0.0385. The molecular formula is C19H19N9O. The lowest BCUT2D eigenvalue weighted by Gasteiger charge is -2.11. The summed E-state index contributed by atoms with van der Waals surface area (Å²) in [7, 11) is 0. The van der Waals surface area contributed by atoms with Gasteiger partial charge in [-0.1, -0.05) is 12.1 Å². The fraction of sp³-hybridized carbons (Fsp3) is 0.158. The Labute approximate surface area is 165 Å². The lowest BCUT2D eigenvalue weighted by Crippen LogP contribution is -2.14. The van der Waals surface area contributed by atoms with Gasteiger partial charge in [0, 0.05) is 31.7 Å². The van der Waals surface area contributed by atoms with Gasteiger partial charge in [-0.25, -0.2) is 24.6 Å². The Morgan fingerprint density at radius 1 is 1.07 bits per heavy atom. The van der Waals surface area contributed by atoms with Crippen LogP contribution in [0.5, 0.6) is 0 Å². The Morgan fingerprint density at radius 3 is 2.97 bits per heavy atom. The summed E-state index contributed by atoms with van der Waals surface area (Å²) in [5.41, 5.74) is 6.99. The van der Waals surface area contributed by atoms with Crippen molar-refractivity contribution in [3.05, 3.63) is 61.1 Å². The quantitative estimate of drug-likeness (QED) is 0.336. The average molecular weight is 389 g/mol. The standard InChI is InChI=1S/C19H19N9O/c29-9-8-27-7-5-20-19(27)26-28-6-4-14-17(24-12-25-18(14)28)21-10-13-2-1-3-15-16(13)23-11-22-15/h1-7,11-12,29H,8-10H2,(H,20,26)(H,22,23)(H,21,24,25). The van der Waals surface area contributed by atoms with E-state index in [0.29, 0.717) is 19.0 Å². The zero-order chi connectivity index (χ0) is 19.6. The lowest BCUT2D eigenvalue weighted by atomic mass is 10.2. The first-order valence-corrected chi connectivity index (χ1v) is 9.19. The summed E-state index contributed by atoms with van der Waals surface area (Å²) >= 11 is 0. The number of aliphatic hydroxyl groups is 1. The van der Waals surface area contributed by atoms with Gasteiger partial charge in [-0.05, 0) is 17.7 Å². The minimum absolute atomic E-state index is 0.0385. The van der Waals surface area contributed by atoms with Crippen molar-refractivity contribution in [3.63, 3.8) is 0 Å². The molecule has 10 heteroatoms. The van der Waals surface area contributed by atoms with Gasteiger partial charge in [0.15, 0.2) is 5.65 Å². The van der Waals surface area contributed by atoms with Crippen LogP contribution in [-0.4, -0.2) is 45.9 Å². The predicted octanol–water partition coefficient (Wildman–Crippen LogP) is 1.98. The number of hydrogen-bond donors (Lipinski definition) is 4. The van der Waals surface area contributed by atoms with Gasteiger partial charge >= 0.3 is 0 Å². The molecule has 0 aliphatic rings. The monoisotopic (exact) mass is 389 g/mol. The number of benzene rings is 1. The van der Waals surface area contributed by atoms with Crippen molar-refractivity contribution in [1.29, 1.82) is 0 Å². The van der Waals surface area contributed by atoms with Crippen LogP contribution in [0.3, 0.4) is 0 Å². The van der Waals surface area contributed by atoms with Crippen molar-refractivity contribution < 1.29 is 5.11 Å². The first kappa shape index (κ1) is 17.2. The first-order chi connectivity index (χ1) is 14.3. The van der Waals surface area contributed by atoms with E-state index in [1.165, 1.54) is 6.33 Å². The highest BCUT2D eigenvalue weighted by molar-refractivity contribution is 5.88. The van der Waals surface area contributed by atoms with Gasteiger partial charge < -0.3 is 20.0 Å². The van der Waals surface area contributed by atoms with Gasteiger partial charge in [0.05, 0.1) is 29.4 Å². The van der Waals surface area contributed by atoms with Crippen LogP contribution in [0, 0.1) is 0 Å². The molecule has 0 amide bonds. The summed E-state index contributed by atoms with van der Waals surface area (Å²) < 4.78 is 3.62. The summed E-state index contributed by atoms with van der Waals surface area (Å²) in [5, 5.41) is 13.5. The topological polar surface area (TPSA) is 122 Å². The molecule has 4 aromatic heterocycles. The highest BCUT2D eigenvalue weighted by atomic mass is 16.3. The maximum atomic E-state index is 9.18. The average Bonchev–Trinajstić information content (AvgIpc) is 3.48. The van der Waals surface area contributed by atoms with Gasteiger partial charge in [0.25, 0.3) is 0 Å². The van der Waals surface area contributed by atoms with Crippen LogP contribution in [0.2, 0.25) is 0 Å². The third-order valence-corrected chi connectivity index (χ3v) is 4.75. The van der Waals surface area contributed by atoms with E-state index in [-0.39, 0.29) is 6.61 Å². The fourth-order valence-corrected chi connectivity index (χ4v) is 3.35. The van der Waals surface area contributed by atoms with E-state index in [4.69, 9.17) is 0 Å². The summed E-state index contributed by atoms with van der Waals surface area (Å²) in [6.45, 7) is 1.10. The van der Waals surface area contributed by atoms with Gasteiger partial charge in [0.1, 0.15) is 12.1 Å². The van der Waals surface area contributed by atoms with Crippen LogP contribution in [0.15, 0.2) is 55.5 Å². The molecule has 0 radical (unpaired) electrons. The van der Waals surface area contributed by atoms with E-state index in [1.54, 1.807) is 17.2 Å². The number of nitrogens with zero attached hydrogens (tertiary/aromatic N) is 6. The molecule has 0 atom stereocenters. The molecule has 5 aromatic rings. The smallest absolute Gasteiger partial charge is 0.222 e. The van der Waals surface area contributed by atoms with Crippen molar-refractivity contribution >= 4 is 33.8 Å². The van der Waals surface area contributed by atoms with Crippen molar-refractivity contribution in [1.82, 2.24) is 34.2 Å². The number of aromatic nitrogens is 7. The molecule has 0 saturated heterocycles. The maximum absolute atomic E-state index is 9.18. The van der Waals surface area contributed by atoms with Crippen LogP contribution < -0.4 is 10.7 Å². The molecule has 0 spiro atoms. The molecule has 0 aliphatic carbocycles. The number of nitrogens with one attached hydrogen (secondary N) is 3. The van der Waals surface area contributed by atoms with Gasteiger partial charge in [0.2, 0.25) is 5.95 Å². The molecule has 0 fully saturated rings. The zero-order valence-corrected chi connectivity index (χ0v) is 15.4. The molecule has 146 valence electrons. The Bertz CT molecular complexity index is 1270. The number of aromatic amines is 1. The first-order valence-electron chi connectivity index (χ1n) is 9.19. The van der Waals surface area contributed by atoms with Crippen LogP contribution in [0.1, 0.15) is 5.56 Å². The van der Waals surface area contributed by atoms with Crippen molar-refractivity contribution in [2.75, 3.05) is 17.3 Å². The summed E-state index contributed by atoms with van der Waals surface area (Å²) in [5.74, 6) is 1.36. The number of imidazole rings is 2. The SMILES string of the molecule is OCCn1ccnc1Nn1ccc2c(NCc3cccc4nc[nH]c34)ncnc21. The van der Waals surface area contributed by atoms with Gasteiger partial charge in [-0.2, -0.15) is 0 Å². The van der Waals surface area contributed by atoms with Gasteiger partial charge in [-0.3, -0.25) is 5.43 Å². The Morgan fingerprint density at radius 2 is 2.03 bits per heavy atom. The molecule has 1 aromatic carbocycles. The Balaban J connectivity index is 1.41. The molecule has 0 aliphatic heterocycles.